The minimum absolute atomic E-state index is 0.00117. The van der Waals surface area contributed by atoms with E-state index in [9.17, 15) is 32.9 Å². The predicted molar refractivity (Wildman–Crippen MR) is 92.9 cm³/mol. The Balaban J connectivity index is 2.06. The highest BCUT2D eigenvalue weighted by Crippen LogP contribution is 2.36. The van der Waals surface area contributed by atoms with Crippen LogP contribution in [0.1, 0.15) is 30.1 Å². The molecule has 0 aliphatic heterocycles. The molecule has 1 aromatic carbocycles. The largest absolute Gasteiger partial charge is 0.452 e. The summed E-state index contributed by atoms with van der Waals surface area (Å²) in [6.45, 7) is -0.778. The average Bonchev–Trinajstić information content (AvgIpc) is 3.47. The smallest absolute Gasteiger partial charge is 0.406 e. The van der Waals surface area contributed by atoms with Crippen LogP contribution in [0.25, 0.3) is 0 Å². The van der Waals surface area contributed by atoms with Crippen LogP contribution in [0.3, 0.4) is 0 Å². The van der Waals surface area contributed by atoms with Gasteiger partial charge in [-0.3, -0.25) is 14.9 Å². The van der Waals surface area contributed by atoms with Gasteiger partial charge < -0.3 is 15.0 Å². The van der Waals surface area contributed by atoms with Gasteiger partial charge in [-0.25, -0.2) is 4.79 Å². The van der Waals surface area contributed by atoms with Gasteiger partial charge in [-0.2, -0.15) is 13.2 Å². The van der Waals surface area contributed by atoms with Gasteiger partial charge in [0.25, 0.3) is 11.6 Å². The molecule has 1 aliphatic rings. The molecule has 8 nitrogen and oxygen atoms in total. The standard InChI is InChI=1S/C17H20F3N3O5/c1-10(11-3-4-11)22(9-17(18,19)20)15(24)8-28-16(25)12-5-6-13(21-2)14(7-12)23(26)27/h5-7,10-11,21H,3-4,8-9H2,1-2H3/t10-/m0/s1. The Morgan fingerprint density at radius 3 is 2.54 bits per heavy atom. The molecular weight excluding hydrogens is 383 g/mol. The molecule has 0 saturated heterocycles. The number of amides is 1. The Bertz CT molecular complexity index is 765. The topological polar surface area (TPSA) is 102 Å². The van der Waals surface area contributed by atoms with Gasteiger partial charge in [-0.1, -0.05) is 0 Å². The third-order valence-corrected chi connectivity index (χ3v) is 4.49. The Hall–Kier alpha value is -2.85. The summed E-state index contributed by atoms with van der Waals surface area (Å²) in [7, 11) is 1.47. The molecule has 0 spiro atoms. The fraction of sp³-hybridized carbons (Fsp3) is 0.529. The number of carbonyl (C=O) groups is 2. The number of rotatable bonds is 8. The van der Waals surface area contributed by atoms with Gasteiger partial charge >= 0.3 is 12.1 Å². The van der Waals surface area contributed by atoms with Crippen molar-refractivity contribution in [2.24, 2.45) is 5.92 Å². The van der Waals surface area contributed by atoms with Crippen LogP contribution in [-0.2, 0) is 9.53 Å². The summed E-state index contributed by atoms with van der Waals surface area (Å²) < 4.78 is 43.2. The van der Waals surface area contributed by atoms with E-state index in [1.807, 2.05) is 0 Å². The predicted octanol–water partition coefficient (Wildman–Crippen LogP) is 2.98. The summed E-state index contributed by atoms with van der Waals surface area (Å²) in [5.74, 6) is -2.00. The molecule has 1 aromatic rings. The van der Waals surface area contributed by atoms with Gasteiger partial charge in [-0.15, -0.1) is 0 Å². The molecule has 1 amide bonds. The average molecular weight is 403 g/mol. The van der Waals surface area contributed by atoms with Crippen LogP contribution in [0.2, 0.25) is 0 Å². The zero-order valence-corrected chi connectivity index (χ0v) is 15.3. The van der Waals surface area contributed by atoms with E-state index >= 15 is 0 Å². The number of nitro groups is 1. The molecule has 154 valence electrons. The number of hydrogen-bond acceptors (Lipinski definition) is 6. The van der Waals surface area contributed by atoms with E-state index in [-0.39, 0.29) is 22.9 Å². The second-order valence-corrected chi connectivity index (χ2v) is 6.53. The van der Waals surface area contributed by atoms with E-state index in [1.165, 1.54) is 26.1 Å². The van der Waals surface area contributed by atoms with Gasteiger partial charge in [0.2, 0.25) is 0 Å². The number of esters is 1. The van der Waals surface area contributed by atoms with Crippen LogP contribution in [0.5, 0.6) is 0 Å². The highest BCUT2D eigenvalue weighted by Gasteiger charge is 2.40. The molecule has 1 atom stereocenters. The zero-order chi connectivity index (χ0) is 21.1. The van der Waals surface area contributed by atoms with Gasteiger partial charge in [0, 0.05) is 19.2 Å². The molecule has 0 aromatic heterocycles. The first-order chi connectivity index (χ1) is 13.0. The number of anilines is 1. The highest BCUT2D eigenvalue weighted by atomic mass is 19.4. The molecule has 0 radical (unpaired) electrons. The Morgan fingerprint density at radius 2 is 2.04 bits per heavy atom. The molecule has 2 rings (SSSR count). The lowest BCUT2D eigenvalue weighted by molar-refractivity contribution is -0.384. The number of ether oxygens (including phenoxy) is 1. The molecule has 0 unspecified atom stereocenters. The van der Waals surface area contributed by atoms with E-state index in [4.69, 9.17) is 4.74 Å². The molecular formula is C17H20F3N3O5. The molecule has 11 heteroatoms. The lowest BCUT2D eigenvalue weighted by atomic mass is 10.1. The van der Waals surface area contributed by atoms with Crippen molar-refractivity contribution >= 4 is 23.3 Å². The normalized spacial score (nSPS) is 14.9. The molecule has 0 heterocycles. The summed E-state index contributed by atoms with van der Waals surface area (Å²) in [5.41, 5.74) is -0.382. The van der Waals surface area contributed by atoms with Crippen LogP contribution in [-0.4, -0.2) is 54.1 Å². The molecule has 1 aliphatic carbocycles. The summed E-state index contributed by atoms with van der Waals surface area (Å²) in [5, 5.41) is 13.6. The van der Waals surface area contributed by atoms with Crippen molar-refractivity contribution in [2.45, 2.75) is 32.0 Å². The monoisotopic (exact) mass is 403 g/mol. The number of nitro benzene ring substituents is 1. The molecule has 28 heavy (non-hydrogen) atoms. The summed E-state index contributed by atoms with van der Waals surface area (Å²) >= 11 is 0. The van der Waals surface area contributed by atoms with Crippen molar-refractivity contribution in [3.05, 3.63) is 33.9 Å². The summed E-state index contributed by atoms with van der Waals surface area (Å²) in [4.78, 5) is 35.3. The van der Waals surface area contributed by atoms with Gasteiger partial charge in [0.15, 0.2) is 6.61 Å². The molecule has 0 bridgehead atoms. The van der Waals surface area contributed by atoms with Gasteiger partial charge in [0.05, 0.1) is 10.5 Å². The minimum Gasteiger partial charge on any atom is -0.452 e. The quantitative estimate of drug-likeness (QED) is 0.407. The van der Waals surface area contributed by atoms with E-state index in [0.29, 0.717) is 4.90 Å². The third kappa shape index (κ3) is 5.57. The van der Waals surface area contributed by atoms with Crippen molar-refractivity contribution in [3.8, 4) is 0 Å². The van der Waals surface area contributed by atoms with Crippen molar-refractivity contribution in [2.75, 3.05) is 25.5 Å². The lowest BCUT2D eigenvalue weighted by Crippen LogP contribution is -2.47. The number of nitrogens with one attached hydrogen (secondary N) is 1. The first-order valence-corrected chi connectivity index (χ1v) is 8.53. The van der Waals surface area contributed by atoms with Gasteiger partial charge in [-0.05, 0) is 37.8 Å². The van der Waals surface area contributed by atoms with Crippen molar-refractivity contribution in [1.82, 2.24) is 4.90 Å². The Morgan fingerprint density at radius 1 is 1.39 bits per heavy atom. The molecule has 1 fully saturated rings. The first kappa shape index (κ1) is 21.5. The van der Waals surface area contributed by atoms with Crippen LogP contribution >= 0.6 is 0 Å². The number of halogens is 3. The second-order valence-electron chi connectivity index (χ2n) is 6.53. The van der Waals surface area contributed by atoms with E-state index < -0.39 is 42.2 Å². The summed E-state index contributed by atoms with van der Waals surface area (Å²) in [6, 6.07) is 2.90. The van der Waals surface area contributed by atoms with Crippen LogP contribution in [0.4, 0.5) is 24.5 Å². The molecule has 1 saturated carbocycles. The lowest BCUT2D eigenvalue weighted by Gasteiger charge is -2.30. The van der Waals surface area contributed by atoms with Crippen LogP contribution < -0.4 is 5.32 Å². The fourth-order valence-electron chi connectivity index (χ4n) is 2.80. The molecule has 1 N–H and O–H groups in total. The fourth-order valence-corrected chi connectivity index (χ4v) is 2.80. The second kappa shape index (κ2) is 8.44. The number of alkyl halides is 3. The Labute approximate surface area is 158 Å². The number of benzene rings is 1. The van der Waals surface area contributed by atoms with Gasteiger partial charge in [0.1, 0.15) is 12.2 Å². The third-order valence-electron chi connectivity index (χ3n) is 4.49. The van der Waals surface area contributed by atoms with E-state index in [2.05, 4.69) is 5.32 Å². The van der Waals surface area contributed by atoms with E-state index in [0.717, 1.165) is 18.9 Å². The van der Waals surface area contributed by atoms with Crippen LogP contribution in [0, 0.1) is 16.0 Å². The van der Waals surface area contributed by atoms with Crippen molar-refractivity contribution in [1.29, 1.82) is 0 Å². The Kier molecular flexibility index (Phi) is 6.47. The van der Waals surface area contributed by atoms with Crippen molar-refractivity contribution in [3.63, 3.8) is 0 Å². The maximum Gasteiger partial charge on any atom is 0.406 e. The van der Waals surface area contributed by atoms with Crippen LogP contribution in [0.15, 0.2) is 18.2 Å². The summed E-state index contributed by atoms with van der Waals surface area (Å²) in [6.07, 6.45) is -3.10. The zero-order valence-electron chi connectivity index (χ0n) is 15.3. The maximum atomic E-state index is 12.8. The van der Waals surface area contributed by atoms with E-state index in [1.54, 1.807) is 0 Å². The van der Waals surface area contributed by atoms with Crippen molar-refractivity contribution < 1.29 is 32.4 Å². The SMILES string of the molecule is CNc1ccc(C(=O)OCC(=O)N(CC(F)(F)F)[C@@H](C)C2CC2)cc1[N+](=O)[O-]. The number of hydrogen-bond donors (Lipinski definition) is 1. The number of nitrogens with zero attached hydrogens (tertiary/aromatic N) is 2. The highest BCUT2D eigenvalue weighted by molar-refractivity contribution is 5.93. The number of carbonyl (C=O) groups excluding carboxylic acids is 2. The minimum atomic E-state index is -4.58. The maximum absolute atomic E-state index is 12.8. The first-order valence-electron chi connectivity index (χ1n) is 8.53.